The highest BCUT2D eigenvalue weighted by molar-refractivity contribution is 6.07. The highest BCUT2D eigenvalue weighted by Crippen LogP contribution is 2.59. The van der Waals surface area contributed by atoms with Crippen molar-refractivity contribution in [2.45, 2.75) is 75.9 Å². The van der Waals surface area contributed by atoms with Crippen LogP contribution in [0.1, 0.15) is 55.2 Å². The Morgan fingerprint density at radius 2 is 1.88 bits per heavy atom. The first-order valence-corrected chi connectivity index (χ1v) is 20.2. The lowest BCUT2D eigenvalue weighted by atomic mass is 9.64. The molecule has 14 nitrogen and oxygen atoms in total. The number of nitrogens with zero attached hydrogens (tertiary/aromatic N) is 4. The molecule has 7 atom stereocenters. The van der Waals surface area contributed by atoms with E-state index in [1.165, 1.54) is 6.07 Å². The minimum atomic E-state index is -1.21. The van der Waals surface area contributed by atoms with E-state index < -0.39 is 35.3 Å². The molecule has 59 heavy (non-hydrogen) atoms. The number of pyridine rings is 2. The Kier molecular flexibility index (Phi) is 8.55. The summed E-state index contributed by atoms with van der Waals surface area (Å²) in [6, 6.07) is 10.7. The van der Waals surface area contributed by atoms with E-state index in [0.29, 0.717) is 73.3 Å². The molecule has 304 valence electrons. The van der Waals surface area contributed by atoms with Gasteiger partial charge in [-0.25, -0.2) is 14.8 Å². The average molecular weight is 798 g/mol. The smallest absolute Gasteiger partial charge is 0.342 e. The molecule has 2 saturated heterocycles. The Hall–Kier alpha value is -5.99. The molecule has 1 unspecified atom stereocenters. The number of nitrogens with one attached hydrogen (secondary N) is 1. The molecule has 7 aliphatic rings. The van der Waals surface area contributed by atoms with Crippen LogP contribution in [0.3, 0.4) is 0 Å². The maximum absolute atomic E-state index is 14.7. The van der Waals surface area contributed by atoms with Gasteiger partial charge < -0.3 is 45.4 Å². The standard InChI is InChI=1S/C45H47N7O7/c1-22-11-32(53)39-33(56-22)17-34-40(41(39)54)38-29-7-6-27(14-26(29)18-48-4)45(43(55)57-42(38)44(2,3)58-34)35(59-45)8-5-23-12-30(51-36(46)13-23)25-15-28(50-37(47)16-25)20-52-19-24-9-10-49-31(24)21-52/h6-7,9-13,15-17,19,26-27,29,35,38,42,48,54H,5,8,14,18,20-21H2,1-4H3,(H2,46,51)(H2,47,50)/t26-,27?,29-,35-,38-,42-,45+/m1/s1. The van der Waals surface area contributed by atoms with E-state index in [4.69, 9.17) is 30.1 Å². The van der Waals surface area contributed by atoms with Crippen LogP contribution in [0.15, 0.2) is 86.8 Å². The molecule has 2 fully saturated rings. The van der Waals surface area contributed by atoms with Crippen LogP contribution in [0, 0.1) is 24.7 Å². The number of aryl methyl sites for hydroxylation is 2. The van der Waals surface area contributed by atoms with Crippen molar-refractivity contribution in [3.05, 3.63) is 105 Å². The number of phenolic OH excluding ortho intramolecular Hbond substituents is 1. The molecule has 6 N–H and O–H groups in total. The van der Waals surface area contributed by atoms with Gasteiger partial charge in [0.15, 0.2) is 11.0 Å². The normalized spacial score (nSPS) is 28.3. The second-order valence-electron chi connectivity index (χ2n) is 17.3. The molecular weight excluding hydrogens is 751 g/mol. The van der Waals surface area contributed by atoms with Crippen molar-refractivity contribution in [3.63, 3.8) is 0 Å². The lowest BCUT2D eigenvalue weighted by Crippen LogP contribution is -2.54. The Labute approximate surface area is 340 Å². The van der Waals surface area contributed by atoms with Gasteiger partial charge in [-0.15, -0.1) is 0 Å². The summed E-state index contributed by atoms with van der Waals surface area (Å²) < 4.78 is 25.6. The fourth-order valence-corrected chi connectivity index (χ4v) is 10.3. The number of aromatic nitrogens is 2. The van der Waals surface area contributed by atoms with Gasteiger partial charge in [-0.1, -0.05) is 12.2 Å². The van der Waals surface area contributed by atoms with E-state index in [-0.39, 0.29) is 39.9 Å². The number of nitrogen functional groups attached to an aromatic ring is 2. The molecule has 1 aliphatic carbocycles. The maximum atomic E-state index is 14.7. The fourth-order valence-electron chi connectivity index (χ4n) is 10.3. The number of ether oxygens (including phenoxy) is 3. The Morgan fingerprint density at radius 1 is 1.05 bits per heavy atom. The Bertz CT molecular complexity index is 2630. The molecule has 4 aromatic rings. The second-order valence-corrected chi connectivity index (χ2v) is 17.3. The van der Waals surface area contributed by atoms with E-state index in [2.05, 4.69) is 43.5 Å². The molecule has 1 aromatic carbocycles. The van der Waals surface area contributed by atoms with Gasteiger partial charge in [0.05, 0.1) is 36.3 Å². The van der Waals surface area contributed by atoms with Crippen LogP contribution < -0.4 is 26.9 Å². The third-order valence-electron chi connectivity index (χ3n) is 12.9. The summed E-state index contributed by atoms with van der Waals surface area (Å²) in [7, 11) is 1.91. The summed E-state index contributed by atoms with van der Waals surface area (Å²) in [5.74, 6) is 0.0362. The van der Waals surface area contributed by atoms with Crippen molar-refractivity contribution in [1.82, 2.24) is 20.2 Å². The zero-order valence-corrected chi connectivity index (χ0v) is 33.4. The summed E-state index contributed by atoms with van der Waals surface area (Å²) in [5.41, 5.74) is 16.2. The SMILES string of the molecule is CNC[C@H]1CC2C=C[C@H]1[C@@H]1c3c(cc4oc(C)cc(=O)c4c3O)OC(C)(C)[C@@H]1OC(=O)[C@]21O[C@@H]1CCc1cc(N)nc(-c2cc(N)nc(CN3C=C4C=CN=C4C3)c2)c1. The zero-order chi connectivity index (χ0) is 41.0. The van der Waals surface area contributed by atoms with Gasteiger partial charge in [-0.2, -0.15) is 0 Å². The topological polar surface area (TPSA) is 204 Å². The lowest BCUT2D eigenvalue weighted by Gasteiger charge is -2.47. The fraction of sp³-hybridized carbons (Fsp3) is 0.400. The quantitative estimate of drug-likeness (QED) is 0.105. The van der Waals surface area contributed by atoms with Gasteiger partial charge in [0, 0.05) is 53.1 Å². The zero-order valence-electron chi connectivity index (χ0n) is 33.4. The predicted molar refractivity (Wildman–Crippen MR) is 222 cm³/mol. The Morgan fingerprint density at radius 3 is 2.69 bits per heavy atom. The minimum absolute atomic E-state index is 0.0394. The van der Waals surface area contributed by atoms with Crippen LogP contribution in [0.2, 0.25) is 0 Å². The number of allylic oxidation sites excluding steroid dienone is 2. The third-order valence-corrected chi connectivity index (χ3v) is 12.9. The number of hydrogen-bond donors (Lipinski definition) is 4. The molecule has 9 heterocycles. The van der Waals surface area contributed by atoms with Crippen LogP contribution >= 0.6 is 0 Å². The first kappa shape index (κ1) is 37.3. The highest BCUT2D eigenvalue weighted by Gasteiger charge is 2.70. The van der Waals surface area contributed by atoms with Gasteiger partial charge in [-0.3, -0.25) is 9.79 Å². The molecule has 1 spiro atoms. The maximum Gasteiger partial charge on any atom is 0.342 e. The number of carbonyl (C=O) groups is 1. The van der Waals surface area contributed by atoms with E-state index >= 15 is 0 Å². The number of hydrogen-bond acceptors (Lipinski definition) is 14. The van der Waals surface area contributed by atoms with Gasteiger partial charge in [0.1, 0.15) is 51.6 Å². The molecule has 6 aliphatic heterocycles. The first-order chi connectivity index (χ1) is 28.3. The van der Waals surface area contributed by atoms with Crippen LogP contribution in [-0.2, 0) is 27.2 Å². The summed E-state index contributed by atoms with van der Waals surface area (Å²) in [6.45, 7) is 7.40. The number of benzene rings is 1. The number of esters is 1. The number of anilines is 2. The largest absolute Gasteiger partial charge is 0.507 e. The number of aliphatic imine (C=N–C) groups is 1. The van der Waals surface area contributed by atoms with Gasteiger partial charge in [0.2, 0.25) is 0 Å². The average Bonchev–Trinajstić information content (AvgIpc) is 3.52. The molecule has 11 rings (SSSR count). The van der Waals surface area contributed by atoms with E-state index in [0.717, 1.165) is 28.1 Å². The van der Waals surface area contributed by atoms with Gasteiger partial charge in [-0.05, 0) is 101 Å². The number of carbonyl (C=O) groups excluding carboxylic acids is 1. The number of nitrogens with two attached hydrogens (primary N) is 2. The predicted octanol–water partition coefficient (Wildman–Crippen LogP) is 5.07. The van der Waals surface area contributed by atoms with E-state index in [1.807, 2.05) is 51.4 Å². The van der Waals surface area contributed by atoms with Crippen molar-refractivity contribution in [2.24, 2.45) is 22.7 Å². The summed E-state index contributed by atoms with van der Waals surface area (Å²) in [5, 5.41) is 15.3. The van der Waals surface area contributed by atoms with Crippen molar-refractivity contribution in [3.8, 4) is 22.8 Å². The number of rotatable bonds is 8. The number of phenols is 1. The second kappa shape index (κ2) is 13.5. The van der Waals surface area contributed by atoms with Crippen LogP contribution in [-0.4, -0.2) is 75.2 Å². The number of aromatic hydroxyl groups is 1. The molecule has 0 saturated carbocycles. The van der Waals surface area contributed by atoms with Crippen molar-refractivity contribution >= 4 is 34.3 Å². The Balaban J connectivity index is 0.934. The summed E-state index contributed by atoms with van der Waals surface area (Å²) in [4.78, 5) is 43.8. The van der Waals surface area contributed by atoms with Gasteiger partial charge in [0.25, 0.3) is 0 Å². The molecule has 14 heteroatoms. The number of fused-ring (bicyclic) bond motifs is 5. The third kappa shape index (κ3) is 6.19. The summed E-state index contributed by atoms with van der Waals surface area (Å²) >= 11 is 0. The van der Waals surface area contributed by atoms with E-state index in [1.54, 1.807) is 19.1 Å². The van der Waals surface area contributed by atoms with Crippen molar-refractivity contribution in [1.29, 1.82) is 0 Å². The molecular formula is C45H47N7O7. The molecule has 2 bridgehead atoms. The first-order valence-electron chi connectivity index (χ1n) is 20.2. The minimum Gasteiger partial charge on any atom is -0.507 e. The highest BCUT2D eigenvalue weighted by atomic mass is 16.7. The molecule has 0 amide bonds. The van der Waals surface area contributed by atoms with Crippen LogP contribution in [0.4, 0.5) is 11.6 Å². The van der Waals surface area contributed by atoms with Gasteiger partial charge >= 0.3 is 5.97 Å². The monoisotopic (exact) mass is 797 g/mol. The van der Waals surface area contributed by atoms with Crippen molar-refractivity contribution < 1.29 is 28.5 Å². The molecule has 0 radical (unpaired) electrons. The molecule has 3 aromatic heterocycles. The number of epoxide rings is 1. The van der Waals surface area contributed by atoms with Crippen LogP contribution in [0.5, 0.6) is 11.5 Å². The van der Waals surface area contributed by atoms with E-state index in [9.17, 15) is 14.7 Å². The lowest BCUT2D eigenvalue weighted by molar-refractivity contribution is -0.172. The van der Waals surface area contributed by atoms with Crippen molar-refractivity contribution in [2.75, 3.05) is 31.6 Å². The van der Waals surface area contributed by atoms with Crippen LogP contribution in [0.25, 0.3) is 22.2 Å². The summed E-state index contributed by atoms with van der Waals surface area (Å²) in [6.07, 6.45) is 10.7.